The summed E-state index contributed by atoms with van der Waals surface area (Å²) in [6.45, 7) is 1.85. The number of aromatic nitrogens is 2. The Morgan fingerprint density at radius 2 is 2.00 bits per heavy atom. The second-order valence-corrected chi connectivity index (χ2v) is 5.72. The van der Waals surface area contributed by atoms with Crippen LogP contribution in [0.5, 0.6) is 0 Å². The van der Waals surface area contributed by atoms with Crippen molar-refractivity contribution in [3.05, 3.63) is 60.9 Å². The molecule has 1 aliphatic rings. The molecule has 110 valence electrons. The van der Waals surface area contributed by atoms with Crippen LogP contribution >= 0.6 is 11.6 Å². The lowest BCUT2D eigenvalue weighted by molar-refractivity contribution is 0.677. The van der Waals surface area contributed by atoms with Crippen molar-refractivity contribution in [2.75, 3.05) is 0 Å². The molecule has 0 radical (unpaired) electrons. The predicted octanol–water partition coefficient (Wildman–Crippen LogP) is 2.62. The van der Waals surface area contributed by atoms with E-state index >= 15 is 0 Å². The Morgan fingerprint density at radius 3 is 2.76 bits per heavy atom. The summed E-state index contributed by atoms with van der Waals surface area (Å²) in [5, 5.41) is 0.147. The molecule has 0 fully saturated rings. The molecular formula is C16H17ClN2O2. The van der Waals surface area contributed by atoms with Gasteiger partial charge in [-0.25, -0.2) is 9.36 Å². The quantitative estimate of drug-likeness (QED) is 0.867. The first kappa shape index (κ1) is 14.1. The molecule has 0 atom stereocenters. The van der Waals surface area contributed by atoms with Gasteiger partial charge in [-0.3, -0.25) is 9.78 Å². The van der Waals surface area contributed by atoms with Gasteiger partial charge in [0.25, 0.3) is 5.56 Å². The maximum atomic E-state index is 12.6. The third kappa shape index (κ3) is 2.33. The molecule has 1 aromatic heterocycles. The molecule has 5 heteroatoms. The Kier molecular flexibility index (Phi) is 3.72. The van der Waals surface area contributed by atoms with E-state index < -0.39 is 5.69 Å². The van der Waals surface area contributed by atoms with E-state index in [1.54, 1.807) is 0 Å². The Hall–Kier alpha value is -1.81. The summed E-state index contributed by atoms with van der Waals surface area (Å²) in [4.78, 5) is 27.4. The topological polar surface area (TPSA) is 54.9 Å². The summed E-state index contributed by atoms with van der Waals surface area (Å²) < 4.78 is 1.23. The van der Waals surface area contributed by atoms with Gasteiger partial charge >= 0.3 is 5.69 Å². The molecular weight excluding hydrogens is 288 g/mol. The highest BCUT2D eigenvalue weighted by molar-refractivity contribution is 6.30. The molecule has 1 aromatic carbocycles. The van der Waals surface area contributed by atoms with E-state index in [0.717, 1.165) is 31.2 Å². The molecule has 3 rings (SSSR count). The van der Waals surface area contributed by atoms with Crippen molar-refractivity contribution in [2.24, 2.45) is 0 Å². The van der Waals surface area contributed by atoms with Gasteiger partial charge in [0.15, 0.2) is 0 Å². The van der Waals surface area contributed by atoms with Crippen molar-refractivity contribution >= 4 is 11.6 Å². The number of H-pyrrole nitrogens is 1. The summed E-state index contributed by atoms with van der Waals surface area (Å²) >= 11 is 5.97. The van der Waals surface area contributed by atoms with Gasteiger partial charge in [-0.2, -0.15) is 0 Å². The lowest BCUT2D eigenvalue weighted by atomic mass is 9.90. The van der Waals surface area contributed by atoms with Crippen molar-refractivity contribution < 1.29 is 0 Å². The van der Waals surface area contributed by atoms with Gasteiger partial charge in [-0.15, -0.1) is 0 Å². The summed E-state index contributed by atoms with van der Waals surface area (Å²) in [6, 6.07) is 5.83. The first-order valence-electron chi connectivity index (χ1n) is 7.28. The largest absolute Gasteiger partial charge is 0.334 e. The van der Waals surface area contributed by atoms with Crippen LogP contribution in [0.4, 0.5) is 0 Å². The molecule has 0 amide bonds. The van der Waals surface area contributed by atoms with Gasteiger partial charge in [-0.1, -0.05) is 30.7 Å². The number of halogens is 1. The average Bonchev–Trinajstić information content (AvgIpc) is 2.47. The van der Waals surface area contributed by atoms with Gasteiger partial charge in [0.1, 0.15) is 5.15 Å². The van der Waals surface area contributed by atoms with Gasteiger partial charge in [0.2, 0.25) is 0 Å². The normalized spacial score (nSPS) is 14.0. The van der Waals surface area contributed by atoms with Crippen molar-refractivity contribution in [3.63, 3.8) is 0 Å². The highest BCUT2D eigenvalue weighted by atomic mass is 35.5. The molecule has 1 N–H and O–H groups in total. The van der Waals surface area contributed by atoms with Crippen LogP contribution < -0.4 is 11.2 Å². The van der Waals surface area contributed by atoms with Crippen LogP contribution in [0.3, 0.4) is 0 Å². The molecule has 0 bridgehead atoms. The third-order valence-corrected chi connectivity index (χ3v) is 4.43. The number of rotatable bonds is 2. The number of benzene rings is 1. The summed E-state index contributed by atoms with van der Waals surface area (Å²) in [6.07, 6.45) is 4.64. The minimum Gasteiger partial charge on any atom is -0.297 e. The van der Waals surface area contributed by atoms with E-state index in [1.165, 1.54) is 10.1 Å². The number of hydrogen-bond donors (Lipinski definition) is 1. The lowest BCUT2D eigenvalue weighted by Gasteiger charge is -2.20. The minimum absolute atomic E-state index is 0.147. The maximum Gasteiger partial charge on any atom is 0.334 e. The molecule has 0 saturated heterocycles. The zero-order valence-electron chi connectivity index (χ0n) is 11.9. The molecule has 1 aliphatic carbocycles. The van der Waals surface area contributed by atoms with Crippen LogP contribution in [-0.2, 0) is 19.3 Å². The summed E-state index contributed by atoms with van der Waals surface area (Å²) in [5.74, 6) is 0. The Morgan fingerprint density at radius 1 is 1.24 bits per heavy atom. The Labute approximate surface area is 127 Å². The number of aromatic amines is 1. The molecule has 0 aliphatic heterocycles. The molecule has 0 unspecified atom stereocenters. The first-order valence-corrected chi connectivity index (χ1v) is 7.66. The number of nitrogens with zero attached hydrogens (tertiary/aromatic N) is 1. The Balaban J connectivity index is 2.32. The van der Waals surface area contributed by atoms with Crippen LogP contribution in [0.25, 0.3) is 5.69 Å². The van der Waals surface area contributed by atoms with Gasteiger partial charge in [0.05, 0.1) is 11.3 Å². The third-order valence-electron chi connectivity index (χ3n) is 4.11. The highest BCUT2D eigenvalue weighted by Crippen LogP contribution is 2.25. The van der Waals surface area contributed by atoms with E-state index in [4.69, 9.17) is 11.6 Å². The van der Waals surface area contributed by atoms with E-state index in [0.29, 0.717) is 17.7 Å². The SMILES string of the molecule is CCc1c(Cl)[nH]c(=O)n(-c2cccc3c2CCCC3)c1=O. The number of aryl methyl sites for hydroxylation is 1. The predicted molar refractivity (Wildman–Crippen MR) is 83.7 cm³/mol. The average molecular weight is 305 g/mol. The molecule has 21 heavy (non-hydrogen) atoms. The second kappa shape index (κ2) is 5.53. The highest BCUT2D eigenvalue weighted by Gasteiger charge is 2.18. The van der Waals surface area contributed by atoms with E-state index in [-0.39, 0.29) is 10.7 Å². The lowest BCUT2D eigenvalue weighted by Crippen LogP contribution is -2.36. The molecule has 0 spiro atoms. The monoisotopic (exact) mass is 304 g/mol. The number of nitrogens with one attached hydrogen (secondary N) is 1. The fraction of sp³-hybridized carbons (Fsp3) is 0.375. The molecule has 4 nitrogen and oxygen atoms in total. The zero-order valence-corrected chi connectivity index (χ0v) is 12.7. The molecule has 2 aromatic rings. The van der Waals surface area contributed by atoms with Crippen LogP contribution in [-0.4, -0.2) is 9.55 Å². The molecule has 0 saturated carbocycles. The van der Waals surface area contributed by atoms with E-state index in [1.807, 2.05) is 19.1 Å². The van der Waals surface area contributed by atoms with Gasteiger partial charge in [-0.05, 0) is 49.3 Å². The smallest absolute Gasteiger partial charge is 0.297 e. The fourth-order valence-corrected chi connectivity index (χ4v) is 3.34. The van der Waals surface area contributed by atoms with E-state index in [2.05, 4.69) is 11.1 Å². The number of hydrogen-bond acceptors (Lipinski definition) is 2. The fourth-order valence-electron chi connectivity index (χ4n) is 3.04. The van der Waals surface area contributed by atoms with Crippen molar-refractivity contribution in [2.45, 2.75) is 39.0 Å². The van der Waals surface area contributed by atoms with Crippen LogP contribution in [0.15, 0.2) is 27.8 Å². The summed E-state index contributed by atoms with van der Waals surface area (Å²) in [5.41, 5.74) is 2.71. The van der Waals surface area contributed by atoms with Crippen LogP contribution in [0, 0.1) is 0 Å². The van der Waals surface area contributed by atoms with Gasteiger partial charge < -0.3 is 0 Å². The zero-order chi connectivity index (χ0) is 15.0. The van der Waals surface area contributed by atoms with Crippen LogP contribution in [0.1, 0.15) is 36.5 Å². The van der Waals surface area contributed by atoms with Crippen molar-refractivity contribution in [3.8, 4) is 5.69 Å². The van der Waals surface area contributed by atoms with Crippen molar-refractivity contribution in [1.82, 2.24) is 9.55 Å². The summed E-state index contributed by atoms with van der Waals surface area (Å²) in [7, 11) is 0. The maximum absolute atomic E-state index is 12.6. The standard InChI is InChI=1S/C16H17ClN2O2/c1-2-11-14(17)18-16(21)19(15(11)20)13-9-5-7-10-6-3-4-8-12(10)13/h5,7,9H,2-4,6,8H2,1H3,(H,18,21). The number of fused-ring (bicyclic) bond motifs is 1. The van der Waals surface area contributed by atoms with E-state index in [9.17, 15) is 9.59 Å². The molecule has 1 heterocycles. The van der Waals surface area contributed by atoms with Crippen LogP contribution in [0.2, 0.25) is 5.15 Å². The Bertz CT molecular complexity index is 805. The minimum atomic E-state index is -0.471. The van der Waals surface area contributed by atoms with Gasteiger partial charge in [0, 0.05) is 0 Å². The first-order chi connectivity index (χ1) is 10.1. The van der Waals surface area contributed by atoms with Crippen molar-refractivity contribution in [1.29, 1.82) is 0 Å². The second-order valence-electron chi connectivity index (χ2n) is 5.34.